The molecule has 0 aliphatic carbocycles. The zero-order valence-corrected chi connectivity index (χ0v) is 9.32. The average Bonchev–Trinajstić information content (AvgIpc) is 2.12. The Morgan fingerprint density at radius 1 is 1.44 bits per heavy atom. The Labute approximate surface area is 92.6 Å². The minimum Gasteiger partial charge on any atom is -0.375 e. The summed E-state index contributed by atoms with van der Waals surface area (Å²) in [5.74, 6) is 0. The summed E-state index contributed by atoms with van der Waals surface area (Å²) in [7, 11) is 0. The van der Waals surface area contributed by atoms with Crippen molar-refractivity contribution in [2.45, 2.75) is 44.0 Å². The first-order valence-electron chi connectivity index (χ1n) is 5.05. The summed E-state index contributed by atoms with van der Waals surface area (Å²) in [5.41, 5.74) is -1.69. The van der Waals surface area contributed by atoms with Gasteiger partial charge in [-0.2, -0.15) is 18.4 Å². The van der Waals surface area contributed by atoms with Crippen LogP contribution in [0.25, 0.3) is 0 Å². The number of hydrogen-bond donors (Lipinski definition) is 1. The molecule has 0 aromatic rings. The molecule has 0 bridgehead atoms. The monoisotopic (exact) mass is 236 g/mol. The Bertz CT molecular complexity index is 295. The lowest BCUT2D eigenvalue weighted by Crippen LogP contribution is -2.55. The van der Waals surface area contributed by atoms with Crippen LogP contribution >= 0.6 is 0 Å². The van der Waals surface area contributed by atoms with Crippen LogP contribution in [-0.2, 0) is 4.74 Å². The fourth-order valence-corrected chi connectivity index (χ4v) is 1.92. The van der Waals surface area contributed by atoms with Crippen LogP contribution in [0.4, 0.5) is 13.2 Å². The van der Waals surface area contributed by atoms with E-state index in [0.29, 0.717) is 6.61 Å². The Morgan fingerprint density at radius 2 is 2.06 bits per heavy atom. The standard InChI is InChI=1S/C10H15F3N2O/c1-8(2)5-9(6-14,3-4-16-8)15-7-10(11,12)13/h15H,3-5,7H2,1-2H3. The Hall–Kier alpha value is -0.800. The van der Waals surface area contributed by atoms with Gasteiger partial charge in [-0.05, 0) is 13.8 Å². The van der Waals surface area contributed by atoms with Crippen LogP contribution in [0.3, 0.4) is 0 Å². The lowest BCUT2D eigenvalue weighted by Gasteiger charge is -2.41. The molecule has 1 N–H and O–H groups in total. The Balaban J connectivity index is 2.68. The number of alkyl halides is 3. The summed E-state index contributed by atoms with van der Waals surface area (Å²) in [6.07, 6.45) is -3.76. The van der Waals surface area contributed by atoms with E-state index >= 15 is 0 Å². The molecule has 0 aromatic carbocycles. The third-order valence-electron chi connectivity index (χ3n) is 2.59. The number of halogens is 3. The molecule has 92 valence electrons. The van der Waals surface area contributed by atoms with Crippen molar-refractivity contribution in [2.24, 2.45) is 0 Å². The topological polar surface area (TPSA) is 45.0 Å². The summed E-state index contributed by atoms with van der Waals surface area (Å²) in [4.78, 5) is 0. The minimum atomic E-state index is -4.30. The fourth-order valence-electron chi connectivity index (χ4n) is 1.92. The molecule has 0 amide bonds. The SMILES string of the molecule is CC1(C)CC(C#N)(NCC(F)(F)F)CCO1. The maximum atomic E-state index is 12.1. The zero-order chi connectivity index (χ0) is 12.4. The first-order valence-corrected chi connectivity index (χ1v) is 5.05. The van der Waals surface area contributed by atoms with Gasteiger partial charge in [-0.3, -0.25) is 5.32 Å². The second-order valence-electron chi connectivity index (χ2n) is 4.70. The average molecular weight is 236 g/mol. The van der Waals surface area contributed by atoms with E-state index in [-0.39, 0.29) is 12.8 Å². The second kappa shape index (κ2) is 4.22. The van der Waals surface area contributed by atoms with Crippen molar-refractivity contribution in [3.63, 3.8) is 0 Å². The van der Waals surface area contributed by atoms with Gasteiger partial charge in [-0.15, -0.1) is 0 Å². The molecule has 1 aliphatic rings. The van der Waals surface area contributed by atoms with Gasteiger partial charge in [0, 0.05) is 12.8 Å². The van der Waals surface area contributed by atoms with Crippen molar-refractivity contribution in [3.05, 3.63) is 0 Å². The molecule has 1 atom stereocenters. The smallest absolute Gasteiger partial charge is 0.375 e. The highest BCUT2D eigenvalue weighted by molar-refractivity contribution is 5.11. The van der Waals surface area contributed by atoms with E-state index < -0.39 is 23.9 Å². The van der Waals surface area contributed by atoms with Crippen LogP contribution in [0.1, 0.15) is 26.7 Å². The lowest BCUT2D eigenvalue weighted by molar-refractivity contribution is -0.135. The van der Waals surface area contributed by atoms with Gasteiger partial charge in [0.25, 0.3) is 0 Å². The van der Waals surface area contributed by atoms with Crippen LogP contribution in [0, 0.1) is 11.3 Å². The van der Waals surface area contributed by atoms with Gasteiger partial charge < -0.3 is 4.74 Å². The van der Waals surface area contributed by atoms with Crippen LogP contribution in [0.5, 0.6) is 0 Å². The number of hydrogen-bond acceptors (Lipinski definition) is 3. The number of nitrogens with zero attached hydrogens (tertiary/aromatic N) is 1. The van der Waals surface area contributed by atoms with Gasteiger partial charge >= 0.3 is 6.18 Å². The highest BCUT2D eigenvalue weighted by Crippen LogP contribution is 2.32. The van der Waals surface area contributed by atoms with Gasteiger partial charge in [-0.1, -0.05) is 0 Å². The summed E-state index contributed by atoms with van der Waals surface area (Å²) < 4.78 is 41.7. The lowest BCUT2D eigenvalue weighted by atomic mass is 9.82. The molecule has 16 heavy (non-hydrogen) atoms. The quantitative estimate of drug-likeness (QED) is 0.797. The van der Waals surface area contributed by atoms with Gasteiger partial charge in [-0.25, -0.2) is 0 Å². The van der Waals surface area contributed by atoms with E-state index in [1.807, 2.05) is 6.07 Å². The first-order chi connectivity index (χ1) is 7.18. The molecule has 3 nitrogen and oxygen atoms in total. The predicted molar refractivity (Wildman–Crippen MR) is 51.7 cm³/mol. The molecule has 1 aliphatic heterocycles. The normalized spacial score (nSPS) is 29.8. The fraction of sp³-hybridized carbons (Fsp3) is 0.900. The number of nitrogens with one attached hydrogen (secondary N) is 1. The number of rotatable bonds is 2. The van der Waals surface area contributed by atoms with Gasteiger partial charge in [0.05, 0.1) is 24.8 Å². The van der Waals surface area contributed by atoms with E-state index in [9.17, 15) is 13.2 Å². The summed E-state index contributed by atoms with van der Waals surface area (Å²) in [6, 6.07) is 1.95. The summed E-state index contributed by atoms with van der Waals surface area (Å²) >= 11 is 0. The zero-order valence-electron chi connectivity index (χ0n) is 9.32. The van der Waals surface area contributed by atoms with Crippen molar-refractivity contribution in [2.75, 3.05) is 13.2 Å². The molecule has 1 unspecified atom stereocenters. The van der Waals surface area contributed by atoms with E-state index in [0.717, 1.165) is 0 Å². The van der Waals surface area contributed by atoms with Crippen molar-refractivity contribution >= 4 is 0 Å². The molecule has 0 spiro atoms. The largest absolute Gasteiger partial charge is 0.401 e. The summed E-state index contributed by atoms with van der Waals surface area (Å²) in [5, 5.41) is 11.3. The van der Waals surface area contributed by atoms with Crippen molar-refractivity contribution in [1.82, 2.24) is 5.32 Å². The summed E-state index contributed by atoms with van der Waals surface area (Å²) in [6.45, 7) is 2.70. The van der Waals surface area contributed by atoms with E-state index in [1.54, 1.807) is 13.8 Å². The maximum Gasteiger partial charge on any atom is 0.401 e. The van der Waals surface area contributed by atoms with Gasteiger partial charge in [0.1, 0.15) is 5.54 Å². The molecule has 0 aromatic heterocycles. The third-order valence-corrected chi connectivity index (χ3v) is 2.59. The molecule has 0 saturated carbocycles. The van der Waals surface area contributed by atoms with Crippen LogP contribution in [0.15, 0.2) is 0 Å². The van der Waals surface area contributed by atoms with Crippen LogP contribution in [-0.4, -0.2) is 30.5 Å². The Morgan fingerprint density at radius 3 is 2.50 bits per heavy atom. The van der Waals surface area contributed by atoms with Crippen molar-refractivity contribution < 1.29 is 17.9 Å². The molecule has 1 heterocycles. The molecule has 6 heteroatoms. The molecule has 1 saturated heterocycles. The van der Waals surface area contributed by atoms with Gasteiger partial charge in [0.2, 0.25) is 0 Å². The highest BCUT2D eigenvalue weighted by Gasteiger charge is 2.43. The second-order valence-corrected chi connectivity index (χ2v) is 4.70. The van der Waals surface area contributed by atoms with Crippen LogP contribution in [0.2, 0.25) is 0 Å². The van der Waals surface area contributed by atoms with Gasteiger partial charge in [0.15, 0.2) is 0 Å². The highest BCUT2D eigenvalue weighted by atomic mass is 19.4. The van der Waals surface area contributed by atoms with Crippen molar-refractivity contribution in [1.29, 1.82) is 5.26 Å². The van der Waals surface area contributed by atoms with Crippen molar-refractivity contribution in [3.8, 4) is 6.07 Å². The molecular weight excluding hydrogens is 221 g/mol. The number of ether oxygens (including phenoxy) is 1. The third kappa shape index (κ3) is 3.65. The molecule has 0 radical (unpaired) electrons. The maximum absolute atomic E-state index is 12.1. The minimum absolute atomic E-state index is 0.257. The first kappa shape index (κ1) is 13.3. The van der Waals surface area contributed by atoms with E-state index in [2.05, 4.69) is 5.32 Å². The van der Waals surface area contributed by atoms with E-state index in [1.165, 1.54) is 0 Å². The Kier molecular flexibility index (Phi) is 3.50. The molecule has 1 rings (SSSR count). The number of nitriles is 1. The van der Waals surface area contributed by atoms with E-state index in [4.69, 9.17) is 10.00 Å². The predicted octanol–water partition coefficient (Wildman–Crippen LogP) is 1.99. The van der Waals surface area contributed by atoms with Crippen LogP contribution < -0.4 is 5.32 Å². The molecular formula is C10H15F3N2O. The molecule has 1 fully saturated rings.